The van der Waals surface area contributed by atoms with Crippen LogP contribution >= 0.6 is 27.3 Å². The highest BCUT2D eigenvalue weighted by molar-refractivity contribution is 9.10. The Labute approximate surface area is 125 Å². The first-order valence-electron chi connectivity index (χ1n) is 6.30. The van der Waals surface area contributed by atoms with E-state index in [4.69, 9.17) is 4.98 Å². The zero-order chi connectivity index (χ0) is 13.5. The lowest BCUT2D eigenvalue weighted by Gasteiger charge is -2.32. The molecular formula is C15H13BrN2S. The topological polar surface area (TPSA) is 36.7 Å². The maximum atomic E-state index is 9.41. The van der Waals surface area contributed by atoms with Gasteiger partial charge in [-0.1, -0.05) is 28.1 Å². The molecule has 1 saturated carbocycles. The van der Waals surface area contributed by atoms with Gasteiger partial charge < -0.3 is 0 Å². The van der Waals surface area contributed by atoms with Crippen molar-refractivity contribution in [3.05, 3.63) is 38.6 Å². The van der Waals surface area contributed by atoms with Crippen molar-refractivity contribution in [1.29, 1.82) is 5.26 Å². The van der Waals surface area contributed by atoms with Crippen LogP contribution in [0.2, 0.25) is 0 Å². The van der Waals surface area contributed by atoms with Crippen LogP contribution in [-0.4, -0.2) is 4.98 Å². The van der Waals surface area contributed by atoms with Crippen LogP contribution in [0.5, 0.6) is 0 Å². The second-order valence-electron chi connectivity index (χ2n) is 4.98. The molecule has 1 aliphatic carbocycles. The fraction of sp³-hybridized carbons (Fsp3) is 0.333. The van der Waals surface area contributed by atoms with E-state index >= 15 is 0 Å². The minimum absolute atomic E-state index is 0.303. The van der Waals surface area contributed by atoms with Crippen molar-refractivity contribution < 1.29 is 0 Å². The Morgan fingerprint density at radius 3 is 2.53 bits per heavy atom. The molecule has 3 rings (SSSR count). The molecule has 4 heteroatoms. The molecule has 0 aliphatic heterocycles. The second kappa shape index (κ2) is 4.73. The first-order chi connectivity index (χ1) is 9.14. The summed E-state index contributed by atoms with van der Waals surface area (Å²) in [6, 6.07) is 10.7. The van der Waals surface area contributed by atoms with E-state index in [1.807, 2.05) is 12.1 Å². The van der Waals surface area contributed by atoms with Crippen LogP contribution in [-0.2, 0) is 5.41 Å². The van der Waals surface area contributed by atoms with Gasteiger partial charge in [0.25, 0.3) is 0 Å². The number of benzene rings is 1. The molecule has 0 N–H and O–H groups in total. The molecule has 1 heterocycles. The van der Waals surface area contributed by atoms with Crippen LogP contribution in [0.4, 0.5) is 0 Å². The molecule has 2 aromatic rings. The van der Waals surface area contributed by atoms with Gasteiger partial charge in [-0.15, -0.1) is 11.3 Å². The first kappa shape index (κ1) is 12.8. The molecule has 0 atom stereocenters. The van der Waals surface area contributed by atoms with Crippen LogP contribution in [0.15, 0.2) is 28.7 Å². The Morgan fingerprint density at radius 1 is 1.32 bits per heavy atom. The Kier molecular flexibility index (Phi) is 3.20. The van der Waals surface area contributed by atoms with Gasteiger partial charge in [-0.25, -0.2) is 4.98 Å². The van der Waals surface area contributed by atoms with Crippen molar-refractivity contribution in [2.45, 2.75) is 31.6 Å². The van der Waals surface area contributed by atoms with Gasteiger partial charge >= 0.3 is 0 Å². The molecule has 1 aliphatic rings. The van der Waals surface area contributed by atoms with E-state index in [1.54, 1.807) is 11.3 Å². The minimum atomic E-state index is -0.303. The van der Waals surface area contributed by atoms with Crippen molar-refractivity contribution in [1.82, 2.24) is 4.98 Å². The fourth-order valence-corrected chi connectivity index (χ4v) is 3.78. The maximum absolute atomic E-state index is 9.41. The number of nitriles is 1. The number of hydrogen-bond acceptors (Lipinski definition) is 3. The van der Waals surface area contributed by atoms with Gasteiger partial charge in [-0.05, 0) is 38.3 Å². The van der Waals surface area contributed by atoms with Crippen LogP contribution in [0, 0.1) is 18.3 Å². The molecule has 0 amide bonds. The summed E-state index contributed by atoms with van der Waals surface area (Å²) in [5.41, 5.74) is 1.84. The summed E-state index contributed by atoms with van der Waals surface area (Å²) in [4.78, 5) is 5.95. The normalized spacial score (nSPS) is 16.7. The minimum Gasteiger partial charge on any atom is -0.239 e. The smallest absolute Gasteiger partial charge is 0.114 e. The monoisotopic (exact) mass is 332 g/mol. The number of nitrogens with zero attached hydrogens (tertiary/aromatic N) is 2. The quantitative estimate of drug-likeness (QED) is 0.789. The van der Waals surface area contributed by atoms with Crippen LogP contribution in [0.3, 0.4) is 0 Å². The van der Waals surface area contributed by atoms with Gasteiger partial charge in [0.05, 0.1) is 11.8 Å². The molecule has 0 spiro atoms. The Balaban J connectivity index is 2.03. The van der Waals surface area contributed by atoms with Crippen LogP contribution in [0.1, 0.15) is 29.1 Å². The van der Waals surface area contributed by atoms with Gasteiger partial charge in [-0.2, -0.15) is 5.26 Å². The second-order valence-corrected chi connectivity index (χ2v) is 7.10. The molecule has 0 bridgehead atoms. The molecule has 0 radical (unpaired) electrons. The lowest BCUT2D eigenvalue weighted by Crippen LogP contribution is -2.32. The summed E-state index contributed by atoms with van der Waals surface area (Å²) in [5.74, 6) is 0. The van der Waals surface area contributed by atoms with E-state index in [2.05, 4.69) is 41.1 Å². The largest absolute Gasteiger partial charge is 0.239 e. The van der Waals surface area contributed by atoms with Gasteiger partial charge in [0, 0.05) is 14.9 Å². The Hall–Kier alpha value is -1.18. The summed E-state index contributed by atoms with van der Waals surface area (Å²) in [5, 5.41) is 10.4. The number of aromatic nitrogens is 1. The Bertz CT molecular complexity index is 648. The SMILES string of the molecule is Cc1sc(C2(C#N)CCC2)nc1-c1ccc(Br)cc1. The molecule has 1 aromatic heterocycles. The highest BCUT2D eigenvalue weighted by atomic mass is 79.9. The van der Waals surface area contributed by atoms with Crippen LogP contribution in [0.25, 0.3) is 11.3 Å². The maximum Gasteiger partial charge on any atom is 0.114 e. The number of thiazole rings is 1. The zero-order valence-electron chi connectivity index (χ0n) is 10.6. The van der Waals surface area contributed by atoms with E-state index in [0.29, 0.717) is 0 Å². The fourth-order valence-electron chi connectivity index (χ4n) is 2.38. The van der Waals surface area contributed by atoms with Crippen molar-refractivity contribution in [2.75, 3.05) is 0 Å². The predicted molar refractivity (Wildman–Crippen MR) is 81.1 cm³/mol. The van der Waals surface area contributed by atoms with Crippen LogP contribution < -0.4 is 0 Å². The van der Waals surface area contributed by atoms with Crippen molar-refractivity contribution in [3.63, 3.8) is 0 Å². The third kappa shape index (κ3) is 2.11. The van der Waals surface area contributed by atoms with E-state index in [-0.39, 0.29) is 5.41 Å². The standard InChI is InChI=1S/C15H13BrN2S/c1-10-13(11-3-5-12(16)6-4-11)18-14(19-10)15(9-17)7-2-8-15/h3-6H,2,7-8H2,1H3. The van der Waals surface area contributed by atoms with Crippen molar-refractivity contribution >= 4 is 27.3 Å². The van der Waals surface area contributed by atoms with Crippen molar-refractivity contribution in [2.24, 2.45) is 0 Å². The molecule has 1 fully saturated rings. The first-order valence-corrected chi connectivity index (χ1v) is 7.91. The molecular weight excluding hydrogens is 320 g/mol. The molecule has 1 aromatic carbocycles. The summed E-state index contributed by atoms with van der Waals surface area (Å²) < 4.78 is 1.07. The van der Waals surface area contributed by atoms with Gasteiger partial charge in [0.1, 0.15) is 10.4 Å². The highest BCUT2D eigenvalue weighted by Gasteiger charge is 2.42. The van der Waals surface area contributed by atoms with Gasteiger partial charge in [-0.3, -0.25) is 0 Å². The molecule has 19 heavy (non-hydrogen) atoms. The molecule has 0 saturated heterocycles. The number of halogens is 1. The number of aryl methyl sites for hydroxylation is 1. The molecule has 2 nitrogen and oxygen atoms in total. The number of rotatable bonds is 2. The number of hydrogen-bond donors (Lipinski definition) is 0. The molecule has 96 valence electrons. The average Bonchev–Trinajstić information content (AvgIpc) is 2.72. The van der Waals surface area contributed by atoms with Gasteiger partial charge in [0.2, 0.25) is 0 Å². The third-order valence-corrected chi connectivity index (χ3v) is 5.45. The summed E-state index contributed by atoms with van der Waals surface area (Å²) >= 11 is 5.12. The van der Waals surface area contributed by atoms with E-state index < -0.39 is 0 Å². The Morgan fingerprint density at radius 2 is 2.00 bits per heavy atom. The summed E-state index contributed by atoms with van der Waals surface area (Å²) in [6.45, 7) is 2.09. The van der Waals surface area contributed by atoms with Crippen molar-refractivity contribution in [3.8, 4) is 17.3 Å². The van der Waals surface area contributed by atoms with E-state index in [0.717, 1.165) is 40.0 Å². The average molecular weight is 333 g/mol. The third-order valence-electron chi connectivity index (χ3n) is 3.74. The zero-order valence-corrected chi connectivity index (χ0v) is 13.0. The van der Waals surface area contributed by atoms with E-state index in [9.17, 15) is 5.26 Å². The predicted octanol–water partition coefficient (Wildman–Crippen LogP) is 4.83. The highest BCUT2D eigenvalue weighted by Crippen LogP contribution is 2.46. The lowest BCUT2D eigenvalue weighted by atomic mass is 9.70. The van der Waals surface area contributed by atoms with Gasteiger partial charge in [0.15, 0.2) is 0 Å². The molecule has 0 unspecified atom stereocenters. The summed E-state index contributed by atoms with van der Waals surface area (Å²) in [6.07, 6.45) is 3.05. The lowest BCUT2D eigenvalue weighted by molar-refractivity contribution is 0.323. The summed E-state index contributed by atoms with van der Waals surface area (Å²) in [7, 11) is 0. The van der Waals surface area contributed by atoms with E-state index in [1.165, 1.54) is 4.88 Å².